The number of aromatic hydroxyl groups is 1. The van der Waals surface area contributed by atoms with Crippen LogP contribution < -0.4 is 4.90 Å². The number of benzene rings is 1. The van der Waals surface area contributed by atoms with Crippen molar-refractivity contribution in [2.45, 2.75) is 6.18 Å². The molecule has 0 unspecified atom stereocenters. The summed E-state index contributed by atoms with van der Waals surface area (Å²) in [6, 6.07) is 6.93. The monoisotopic (exact) mass is 385 g/mol. The van der Waals surface area contributed by atoms with Gasteiger partial charge in [-0.25, -0.2) is 4.98 Å². The average molecular weight is 386 g/mol. The molecule has 0 radical (unpaired) electrons. The number of phenols is 1. The van der Waals surface area contributed by atoms with E-state index in [0.29, 0.717) is 31.7 Å². The van der Waals surface area contributed by atoms with Gasteiger partial charge in [0.15, 0.2) is 0 Å². The normalized spacial score (nSPS) is 15.2. The molecule has 0 bridgehead atoms. The minimum Gasteiger partial charge on any atom is -0.508 e. The number of carbonyl (C=O) groups excluding carboxylic acids is 1. The molecule has 5 nitrogen and oxygen atoms in total. The number of aromatic nitrogens is 1. The molecule has 2 heterocycles. The Hall–Kier alpha value is -2.48. The zero-order chi connectivity index (χ0) is 18.9. The van der Waals surface area contributed by atoms with Crippen LogP contribution in [0, 0.1) is 0 Å². The molecular weight excluding hydrogens is 371 g/mol. The fraction of sp³-hybridized carbons (Fsp3) is 0.294. The lowest BCUT2D eigenvalue weighted by Gasteiger charge is -2.35. The number of anilines is 1. The van der Waals surface area contributed by atoms with Gasteiger partial charge in [0, 0.05) is 37.9 Å². The van der Waals surface area contributed by atoms with Crippen molar-refractivity contribution in [1.82, 2.24) is 9.88 Å². The molecule has 9 heteroatoms. The van der Waals surface area contributed by atoms with Crippen molar-refractivity contribution in [3.05, 3.63) is 52.7 Å². The first-order chi connectivity index (χ1) is 12.3. The third kappa shape index (κ3) is 3.85. The predicted molar refractivity (Wildman–Crippen MR) is 90.5 cm³/mol. The van der Waals surface area contributed by atoms with E-state index in [2.05, 4.69) is 4.98 Å². The summed E-state index contributed by atoms with van der Waals surface area (Å²) in [5, 5.41) is 9.40. The third-order valence-corrected chi connectivity index (χ3v) is 4.39. The van der Waals surface area contributed by atoms with Gasteiger partial charge in [-0.2, -0.15) is 13.2 Å². The Morgan fingerprint density at radius 2 is 1.85 bits per heavy atom. The van der Waals surface area contributed by atoms with E-state index in [0.717, 1.165) is 12.3 Å². The maximum absolute atomic E-state index is 12.7. The van der Waals surface area contributed by atoms with Crippen molar-refractivity contribution in [3.63, 3.8) is 0 Å². The second-order valence-corrected chi connectivity index (χ2v) is 6.26. The second-order valence-electron chi connectivity index (χ2n) is 5.86. The number of nitrogens with zero attached hydrogens (tertiary/aromatic N) is 3. The third-order valence-electron chi connectivity index (χ3n) is 4.11. The molecule has 1 fully saturated rings. The summed E-state index contributed by atoms with van der Waals surface area (Å²) in [4.78, 5) is 19.7. The smallest absolute Gasteiger partial charge is 0.417 e. The van der Waals surface area contributed by atoms with Crippen LogP contribution in [-0.2, 0) is 6.18 Å². The topological polar surface area (TPSA) is 56.7 Å². The summed E-state index contributed by atoms with van der Waals surface area (Å²) in [5.74, 6) is 0.0615. The fourth-order valence-electron chi connectivity index (χ4n) is 2.76. The molecular formula is C17H15ClF3N3O2. The van der Waals surface area contributed by atoms with Crippen LogP contribution in [0.15, 0.2) is 36.5 Å². The molecule has 1 aliphatic rings. The Morgan fingerprint density at radius 3 is 2.42 bits per heavy atom. The number of phenolic OH excluding ortho intramolecular Hbond substituents is 1. The van der Waals surface area contributed by atoms with E-state index in [1.165, 1.54) is 12.1 Å². The van der Waals surface area contributed by atoms with E-state index in [4.69, 9.17) is 11.6 Å². The number of carbonyl (C=O) groups is 1. The molecule has 1 aromatic carbocycles. The summed E-state index contributed by atoms with van der Waals surface area (Å²) in [5.41, 5.74) is -0.520. The average Bonchev–Trinajstić information content (AvgIpc) is 2.60. The number of pyridine rings is 1. The predicted octanol–water partition coefficient (Wildman–Crippen LogP) is 3.42. The highest BCUT2D eigenvalue weighted by atomic mass is 35.5. The van der Waals surface area contributed by atoms with Gasteiger partial charge in [0.25, 0.3) is 5.91 Å². The van der Waals surface area contributed by atoms with Gasteiger partial charge in [-0.3, -0.25) is 4.79 Å². The molecule has 0 atom stereocenters. The zero-order valence-electron chi connectivity index (χ0n) is 13.5. The van der Waals surface area contributed by atoms with Crippen molar-refractivity contribution >= 4 is 23.3 Å². The molecule has 26 heavy (non-hydrogen) atoms. The van der Waals surface area contributed by atoms with Gasteiger partial charge >= 0.3 is 6.18 Å². The number of amides is 1. The molecule has 1 N–H and O–H groups in total. The largest absolute Gasteiger partial charge is 0.508 e. The van der Waals surface area contributed by atoms with Crippen LogP contribution in [0.4, 0.5) is 19.0 Å². The summed E-state index contributed by atoms with van der Waals surface area (Å²) in [6.45, 7) is 1.52. The highest BCUT2D eigenvalue weighted by molar-refractivity contribution is 6.33. The van der Waals surface area contributed by atoms with E-state index in [-0.39, 0.29) is 22.5 Å². The van der Waals surface area contributed by atoms with Crippen LogP contribution >= 0.6 is 11.6 Å². The highest BCUT2D eigenvalue weighted by Gasteiger charge is 2.32. The lowest BCUT2D eigenvalue weighted by atomic mass is 10.1. The molecule has 1 amide bonds. The molecule has 0 saturated carbocycles. The molecule has 1 saturated heterocycles. The highest BCUT2D eigenvalue weighted by Crippen LogP contribution is 2.33. The maximum atomic E-state index is 12.7. The Balaban J connectivity index is 1.68. The number of piperazine rings is 1. The van der Waals surface area contributed by atoms with Crippen LogP contribution in [0.5, 0.6) is 5.75 Å². The van der Waals surface area contributed by atoms with E-state index in [9.17, 15) is 23.1 Å². The Bertz CT molecular complexity index is 821. The van der Waals surface area contributed by atoms with Gasteiger partial charge in [-0.15, -0.1) is 0 Å². The van der Waals surface area contributed by atoms with Gasteiger partial charge in [0.05, 0.1) is 10.6 Å². The minimum absolute atomic E-state index is 0.00946. The quantitative estimate of drug-likeness (QED) is 0.860. The number of alkyl halides is 3. The maximum Gasteiger partial charge on any atom is 0.417 e. The summed E-state index contributed by atoms with van der Waals surface area (Å²) < 4.78 is 38.1. The lowest BCUT2D eigenvalue weighted by molar-refractivity contribution is -0.137. The van der Waals surface area contributed by atoms with Crippen molar-refractivity contribution in [2.24, 2.45) is 0 Å². The Kier molecular flexibility index (Phi) is 4.95. The lowest BCUT2D eigenvalue weighted by Crippen LogP contribution is -2.49. The van der Waals surface area contributed by atoms with E-state index < -0.39 is 11.7 Å². The number of halogens is 4. The van der Waals surface area contributed by atoms with E-state index >= 15 is 0 Å². The molecule has 138 valence electrons. The summed E-state index contributed by atoms with van der Waals surface area (Å²) in [6.07, 6.45) is -3.74. The van der Waals surface area contributed by atoms with Gasteiger partial charge in [0.2, 0.25) is 0 Å². The molecule has 2 aromatic rings. The van der Waals surface area contributed by atoms with E-state index in [1.54, 1.807) is 21.9 Å². The summed E-state index contributed by atoms with van der Waals surface area (Å²) in [7, 11) is 0. The SMILES string of the molecule is O=C(c1cccc(O)c1)N1CCN(c2ncc(C(F)(F)F)cc2Cl)CC1. The summed E-state index contributed by atoms with van der Waals surface area (Å²) >= 11 is 5.97. The van der Waals surface area contributed by atoms with Gasteiger partial charge < -0.3 is 14.9 Å². The first kappa shape index (κ1) is 18.3. The van der Waals surface area contributed by atoms with Crippen LogP contribution in [0.2, 0.25) is 5.02 Å². The molecule has 0 spiro atoms. The first-order valence-corrected chi connectivity index (χ1v) is 8.19. The number of hydrogen-bond acceptors (Lipinski definition) is 4. The second kappa shape index (κ2) is 7.03. The number of hydrogen-bond donors (Lipinski definition) is 1. The van der Waals surface area contributed by atoms with Crippen LogP contribution in [0.25, 0.3) is 0 Å². The Labute approximate surface area is 152 Å². The van der Waals surface area contributed by atoms with Crippen molar-refractivity contribution < 1.29 is 23.1 Å². The van der Waals surface area contributed by atoms with E-state index in [1.807, 2.05) is 0 Å². The van der Waals surface area contributed by atoms with Crippen molar-refractivity contribution in [2.75, 3.05) is 31.1 Å². The van der Waals surface area contributed by atoms with Gasteiger partial charge in [-0.1, -0.05) is 17.7 Å². The Morgan fingerprint density at radius 1 is 1.15 bits per heavy atom. The molecule has 1 aliphatic heterocycles. The van der Waals surface area contributed by atoms with Crippen molar-refractivity contribution in [3.8, 4) is 5.75 Å². The van der Waals surface area contributed by atoms with Crippen LogP contribution in [0.3, 0.4) is 0 Å². The van der Waals surface area contributed by atoms with Crippen LogP contribution in [0.1, 0.15) is 15.9 Å². The van der Waals surface area contributed by atoms with Crippen LogP contribution in [-0.4, -0.2) is 47.1 Å². The molecule has 0 aliphatic carbocycles. The van der Waals surface area contributed by atoms with Gasteiger partial charge in [-0.05, 0) is 24.3 Å². The standard InChI is InChI=1S/C17H15ClF3N3O2/c18-14-9-12(17(19,20)21)10-22-15(14)23-4-6-24(7-5-23)16(26)11-2-1-3-13(25)8-11/h1-3,8-10,25H,4-7H2. The fourth-order valence-corrected chi connectivity index (χ4v) is 3.05. The number of rotatable bonds is 2. The van der Waals surface area contributed by atoms with Gasteiger partial charge in [0.1, 0.15) is 11.6 Å². The zero-order valence-corrected chi connectivity index (χ0v) is 14.3. The molecule has 3 rings (SSSR count). The molecule has 1 aromatic heterocycles. The minimum atomic E-state index is -4.50. The first-order valence-electron chi connectivity index (χ1n) is 7.81. The van der Waals surface area contributed by atoms with Crippen molar-refractivity contribution in [1.29, 1.82) is 0 Å².